The van der Waals surface area contributed by atoms with Crippen molar-refractivity contribution < 1.29 is 0 Å². The Morgan fingerprint density at radius 3 is 2.68 bits per heavy atom. The first-order chi connectivity index (χ1) is 9.01. The Bertz CT molecular complexity index is 687. The highest BCUT2D eigenvalue weighted by Crippen LogP contribution is 2.18. The van der Waals surface area contributed by atoms with E-state index >= 15 is 0 Å². The molecule has 1 heterocycles. The van der Waals surface area contributed by atoms with Crippen molar-refractivity contribution in [2.75, 3.05) is 5.32 Å². The SMILES string of the molecule is CCc1cc(Nc2cc(=O)n(I)c(=O)[nH]2)ccc1C. The van der Waals surface area contributed by atoms with Gasteiger partial charge in [-0.05, 0) is 36.6 Å². The van der Waals surface area contributed by atoms with Crippen LogP contribution in [0.25, 0.3) is 0 Å². The summed E-state index contributed by atoms with van der Waals surface area (Å²) in [5.74, 6) is 0.397. The Kier molecular flexibility index (Phi) is 4.08. The Hall–Kier alpha value is -1.57. The number of hydrogen-bond acceptors (Lipinski definition) is 3. The smallest absolute Gasteiger partial charge is 0.339 e. The monoisotopic (exact) mass is 371 g/mol. The second-order valence-electron chi connectivity index (χ2n) is 4.23. The Balaban J connectivity index is 2.36. The molecule has 2 N–H and O–H groups in total. The molecule has 0 spiro atoms. The van der Waals surface area contributed by atoms with Gasteiger partial charge in [-0.2, -0.15) is 2.78 Å². The highest BCUT2D eigenvalue weighted by Gasteiger charge is 2.03. The van der Waals surface area contributed by atoms with Crippen LogP contribution >= 0.6 is 22.9 Å². The second kappa shape index (κ2) is 5.60. The van der Waals surface area contributed by atoms with Crippen LogP contribution in [0.15, 0.2) is 33.9 Å². The van der Waals surface area contributed by atoms with Crippen LogP contribution in [0.3, 0.4) is 0 Å². The van der Waals surface area contributed by atoms with E-state index in [2.05, 4.69) is 24.1 Å². The normalized spacial score (nSPS) is 10.5. The molecule has 0 aliphatic carbocycles. The minimum absolute atomic E-state index is 0.352. The van der Waals surface area contributed by atoms with E-state index in [4.69, 9.17) is 0 Å². The van der Waals surface area contributed by atoms with Gasteiger partial charge in [-0.15, -0.1) is 0 Å². The lowest BCUT2D eigenvalue weighted by atomic mass is 10.1. The fourth-order valence-corrected chi connectivity index (χ4v) is 2.09. The predicted octanol–water partition coefficient (Wildman–Crippen LogP) is 2.35. The molecular weight excluding hydrogens is 357 g/mol. The lowest BCUT2D eigenvalue weighted by Crippen LogP contribution is -2.28. The molecule has 0 unspecified atom stereocenters. The van der Waals surface area contributed by atoms with Gasteiger partial charge in [0.1, 0.15) is 5.82 Å². The molecule has 0 aliphatic rings. The van der Waals surface area contributed by atoms with E-state index in [-0.39, 0.29) is 5.56 Å². The van der Waals surface area contributed by atoms with Crippen LogP contribution in [0.4, 0.5) is 11.5 Å². The molecule has 5 nitrogen and oxygen atoms in total. The van der Waals surface area contributed by atoms with Crippen LogP contribution in [-0.4, -0.2) is 7.76 Å². The number of H-pyrrole nitrogens is 1. The van der Waals surface area contributed by atoms with E-state index in [0.29, 0.717) is 5.82 Å². The Morgan fingerprint density at radius 1 is 1.32 bits per heavy atom. The summed E-state index contributed by atoms with van der Waals surface area (Å²) in [7, 11) is 0. The number of hydrogen-bond donors (Lipinski definition) is 2. The van der Waals surface area contributed by atoms with Gasteiger partial charge in [0.05, 0.1) is 22.9 Å². The average Bonchev–Trinajstić information content (AvgIpc) is 2.38. The van der Waals surface area contributed by atoms with Gasteiger partial charge in [0.2, 0.25) is 0 Å². The van der Waals surface area contributed by atoms with Crippen LogP contribution in [0.5, 0.6) is 0 Å². The summed E-state index contributed by atoms with van der Waals surface area (Å²) < 4.78 is 0.996. The first kappa shape index (κ1) is 13.9. The molecule has 2 rings (SSSR count). The summed E-state index contributed by atoms with van der Waals surface area (Å²) >= 11 is 1.66. The molecule has 2 aromatic rings. The maximum Gasteiger partial charge on any atom is 0.339 e. The van der Waals surface area contributed by atoms with Gasteiger partial charge in [-0.3, -0.25) is 9.78 Å². The van der Waals surface area contributed by atoms with Crippen molar-refractivity contribution in [3.05, 3.63) is 56.2 Å². The highest BCUT2D eigenvalue weighted by molar-refractivity contribution is 14.1. The number of nitrogens with one attached hydrogen (secondary N) is 2. The largest absolute Gasteiger partial charge is 0.342 e. The van der Waals surface area contributed by atoms with Gasteiger partial charge in [-0.25, -0.2) is 4.79 Å². The quantitative estimate of drug-likeness (QED) is 0.815. The molecular formula is C13H14IN3O2. The Labute approximate surface area is 124 Å². The third-order valence-electron chi connectivity index (χ3n) is 2.89. The topological polar surface area (TPSA) is 66.9 Å². The molecule has 6 heteroatoms. The molecule has 1 aromatic carbocycles. The first-order valence-corrected chi connectivity index (χ1v) is 6.87. The zero-order valence-electron chi connectivity index (χ0n) is 10.7. The van der Waals surface area contributed by atoms with Crippen molar-refractivity contribution in [1.82, 2.24) is 7.76 Å². The lowest BCUT2D eigenvalue weighted by molar-refractivity contribution is 1.02. The molecule has 0 saturated heterocycles. The number of aromatic amines is 1. The fourth-order valence-electron chi connectivity index (χ4n) is 1.83. The lowest BCUT2D eigenvalue weighted by Gasteiger charge is -2.09. The molecule has 0 aliphatic heterocycles. The van der Waals surface area contributed by atoms with Gasteiger partial charge in [0.25, 0.3) is 5.56 Å². The van der Waals surface area contributed by atoms with Crippen LogP contribution in [0.2, 0.25) is 0 Å². The van der Waals surface area contributed by atoms with Crippen molar-refractivity contribution in [3.8, 4) is 0 Å². The van der Waals surface area contributed by atoms with Crippen molar-refractivity contribution in [2.45, 2.75) is 20.3 Å². The number of benzene rings is 1. The molecule has 0 bridgehead atoms. The summed E-state index contributed by atoms with van der Waals surface area (Å²) in [4.78, 5) is 25.6. The zero-order valence-corrected chi connectivity index (χ0v) is 12.8. The second-order valence-corrected chi connectivity index (χ2v) is 5.19. The van der Waals surface area contributed by atoms with E-state index in [1.807, 2.05) is 18.2 Å². The maximum absolute atomic E-state index is 11.5. The van der Waals surface area contributed by atoms with E-state index in [9.17, 15) is 9.59 Å². The van der Waals surface area contributed by atoms with Gasteiger partial charge < -0.3 is 5.32 Å². The van der Waals surface area contributed by atoms with Gasteiger partial charge in [0, 0.05) is 11.8 Å². The molecule has 0 atom stereocenters. The average molecular weight is 371 g/mol. The highest BCUT2D eigenvalue weighted by atomic mass is 127. The number of aromatic nitrogens is 2. The zero-order chi connectivity index (χ0) is 14.0. The van der Waals surface area contributed by atoms with Crippen LogP contribution in [0.1, 0.15) is 18.1 Å². The molecule has 19 heavy (non-hydrogen) atoms. The molecule has 0 saturated carbocycles. The number of rotatable bonds is 3. The van der Waals surface area contributed by atoms with E-state index in [1.54, 1.807) is 22.9 Å². The molecule has 0 fully saturated rings. The summed E-state index contributed by atoms with van der Waals surface area (Å²) in [6, 6.07) is 7.31. The minimum atomic E-state index is -0.446. The summed E-state index contributed by atoms with van der Waals surface area (Å²) in [5.41, 5.74) is 2.51. The van der Waals surface area contributed by atoms with E-state index in [1.165, 1.54) is 17.2 Å². The fraction of sp³-hybridized carbons (Fsp3) is 0.231. The number of aryl methyl sites for hydroxylation is 2. The van der Waals surface area contributed by atoms with E-state index in [0.717, 1.165) is 14.9 Å². The van der Waals surface area contributed by atoms with E-state index < -0.39 is 5.69 Å². The summed E-state index contributed by atoms with van der Waals surface area (Å²) in [5, 5.41) is 3.04. The maximum atomic E-state index is 11.5. The van der Waals surface area contributed by atoms with Crippen LogP contribution in [-0.2, 0) is 6.42 Å². The predicted molar refractivity (Wildman–Crippen MR) is 84.6 cm³/mol. The van der Waals surface area contributed by atoms with Gasteiger partial charge in [-0.1, -0.05) is 13.0 Å². The van der Waals surface area contributed by atoms with Crippen molar-refractivity contribution in [1.29, 1.82) is 0 Å². The van der Waals surface area contributed by atoms with Gasteiger partial charge in [0.15, 0.2) is 0 Å². The van der Waals surface area contributed by atoms with Gasteiger partial charge >= 0.3 is 5.69 Å². The summed E-state index contributed by atoms with van der Waals surface area (Å²) in [6.07, 6.45) is 0.938. The third kappa shape index (κ3) is 3.06. The molecule has 1 aromatic heterocycles. The minimum Gasteiger partial charge on any atom is -0.342 e. The molecule has 100 valence electrons. The van der Waals surface area contributed by atoms with Crippen molar-refractivity contribution in [2.24, 2.45) is 0 Å². The first-order valence-electron chi connectivity index (χ1n) is 5.90. The van der Waals surface area contributed by atoms with Crippen LogP contribution in [0, 0.1) is 6.92 Å². The molecule has 0 amide bonds. The Morgan fingerprint density at radius 2 is 2.05 bits per heavy atom. The van der Waals surface area contributed by atoms with Crippen molar-refractivity contribution in [3.63, 3.8) is 0 Å². The van der Waals surface area contributed by atoms with Crippen molar-refractivity contribution >= 4 is 34.4 Å². The number of nitrogens with zero attached hydrogens (tertiary/aromatic N) is 1. The molecule has 0 radical (unpaired) electrons. The summed E-state index contributed by atoms with van der Waals surface area (Å²) in [6.45, 7) is 4.15. The number of halogens is 1. The standard InChI is InChI=1S/C13H14IN3O2/c1-3-9-6-10(5-4-8(9)2)15-11-7-12(18)17(14)13(19)16-11/h4-7,15H,3H2,1-2H3,(H,16,19). The number of anilines is 2. The van der Waals surface area contributed by atoms with Crippen LogP contribution < -0.4 is 16.6 Å². The third-order valence-corrected chi connectivity index (χ3v) is 3.80.